The molecule has 0 bridgehead atoms. The zero-order valence-corrected chi connectivity index (χ0v) is 11.2. The van der Waals surface area contributed by atoms with Crippen LogP contribution in [0.4, 0.5) is 0 Å². The molecule has 5 heteroatoms. The van der Waals surface area contributed by atoms with Crippen molar-refractivity contribution in [3.05, 3.63) is 41.1 Å². The summed E-state index contributed by atoms with van der Waals surface area (Å²) in [6.07, 6.45) is 3.10. The van der Waals surface area contributed by atoms with Gasteiger partial charge in [-0.05, 0) is 24.3 Å². The molecule has 0 saturated heterocycles. The molecule has 1 aromatic carbocycles. The Morgan fingerprint density at radius 2 is 2.06 bits per heavy atom. The van der Waals surface area contributed by atoms with Crippen LogP contribution < -0.4 is 0 Å². The molecule has 2 heterocycles. The second-order valence-electron chi connectivity index (χ2n) is 4.06. The Kier molecular flexibility index (Phi) is 2.56. The first kappa shape index (κ1) is 11.2. The van der Waals surface area contributed by atoms with Crippen LogP contribution in [0.2, 0.25) is 0 Å². The lowest BCUT2D eigenvalue weighted by atomic mass is 10.2. The normalized spacial score (nSPS) is 11.0. The molecule has 0 aliphatic heterocycles. The van der Waals surface area contributed by atoms with E-state index in [1.807, 2.05) is 29.8 Å². The molecule has 90 valence electrons. The molecule has 18 heavy (non-hydrogen) atoms. The molecule has 0 saturated carbocycles. The quantitative estimate of drug-likeness (QED) is 0.751. The zero-order chi connectivity index (χ0) is 12.7. The van der Waals surface area contributed by atoms with Crippen LogP contribution >= 0.6 is 15.9 Å². The lowest BCUT2D eigenvalue weighted by Gasteiger charge is -2.02. The summed E-state index contributed by atoms with van der Waals surface area (Å²) in [5, 5.41) is 9.48. The predicted molar refractivity (Wildman–Crippen MR) is 73.3 cm³/mol. The molecule has 0 aliphatic rings. The summed E-state index contributed by atoms with van der Waals surface area (Å²) in [5.74, 6) is 0.923. The maximum absolute atomic E-state index is 9.48. The molecule has 4 nitrogen and oxygen atoms in total. The summed E-state index contributed by atoms with van der Waals surface area (Å²) in [6, 6.07) is 7.61. The number of rotatable bonds is 1. The van der Waals surface area contributed by atoms with Gasteiger partial charge >= 0.3 is 0 Å². The van der Waals surface area contributed by atoms with Gasteiger partial charge in [-0.2, -0.15) is 0 Å². The van der Waals surface area contributed by atoms with Gasteiger partial charge in [0.25, 0.3) is 0 Å². The van der Waals surface area contributed by atoms with Crippen molar-refractivity contribution >= 4 is 27.0 Å². The average Bonchev–Trinajstić information content (AvgIpc) is 2.66. The number of imidazole rings is 1. The predicted octanol–water partition coefficient (Wildman–Crippen LogP) is 3.10. The minimum atomic E-state index is 0.140. The fourth-order valence-corrected chi connectivity index (χ4v) is 2.33. The van der Waals surface area contributed by atoms with Crippen molar-refractivity contribution in [1.29, 1.82) is 0 Å². The Morgan fingerprint density at radius 1 is 1.22 bits per heavy atom. The molecule has 0 aliphatic carbocycles. The van der Waals surface area contributed by atoms with Crippen LogP contribution in [0.15, 0.2) is 41.1 Å². The second kappa shape index (κ2) is 4.10. The number of nitrogens with zero attached hydrogens (tertiary/aromatic N) is 3. The molecule has 3 aromatic rings. The lowest BCUT2D eigenvalue weighted by molar-refractivity contribution is 0.473. The molecule has 0 spiro atoms. The number of aryl methyl sites for hydroxylation is 1. The first-order valence-electron chi connectivity index (χ1n) is 5.41. The van der Waals surface area contributed by atoms with Crippen LogP contribution in [0, 0.1) is 0 Å². The second-order valence-corrected chi connectivity index (χ2v) is 4.97. The van der Waals surface area contributed by atoms with Gasteiger partial charge in [0, 0.05) is 23.3 Å². The van der Waals surface area contributed by atoms with Crippen molar-refractivity contribution in [2.24, 2.45) is 7.05 Å². The van der Waals surface area contributed by atoms with Crippen LogP contribution in [0.5, 0.6) is 5.75 Å². The number of aromatic hydroxyl groups is 1. The van der Waals surface area contributed by atoms with Crippen LogP contribution in [0.25, 0.3) is 22.4 Å². The highest BCUT2D eigenvalue weighted by Gasteiger charge is 2.10. The van der Waals surface area contributed by atoms with Crippen molar-refractivity contribution in [3.8, 4) is 17.1 Å². The summed E-state index contributed by atoms with van der Waals surface area (Å²) < 4.78 is 2.98. The summed E-state index contributed by atoms with van der Waals surface area (Å²) in [4.78, 5) is 8.54. The van der Waals surface area contributed by atoms with Gasteiger partial charge in [-0.1, -0.05) is 15.9 Å². The molecule has 1 N–H and O–H groups in total. The van der Waals surface area contributed by atoms with E-state index in [1.54, 1.807) is 12.3 Å². The van der Waals surface area contributed by atoms with Gasteiger partial charge in [0.1, 0.15) is 11.6 Å². The molecular formula is C13H10BrN3O. The third kappa shape index (κ3) is 1.76. The third-order valence-electron chi connectivity index (χ3n) is 2.82. The van der Waals surface area contributed by atoms with Crippen LogP contribution in [-0.2, 0) is 7.05 Å². The Hall–Kier alpha value is -1.88. The number of halogens is 1. The SMILES string of the molecule is Cn1c(-c2cncc(O)c2)nc2cc(Br)ccc21. The number of hydrogen-bond acceptors (Lipinski definition) is 3. The Bertz CT molecular complexity index is 736. The van der Waals surface area contributed by atoms with Gasteiger partial charge in [-0.25, -0.2) is 4.98 Å². The highest BCUT2D eigenvalue weighted by molar-refractivity contribution is 9.10. The number of hydrogen-bond donors (Lipinski definition) is 1. The first-order chi connectivity index (χ1) is 8.65. The minimum Gasteiger partial charge on any atom is -0.506 e. The largest absolute Gasteiger partial charge is 0.506 e. The molecule has 0 amide bonds. The van der Waals surface area contributed by atoms with Gasteiger partial charge < -0.3 is 9.67 Å². The smallest absolute Gasteiger partial charge is 0.142 e. The van der Waals surface area contributed by atoms with Crippen LogP contribution in [0.3, 0.4) is 0 Å². The topological polar surface area (TPSA) is 50.9 Å². The van der Waals surface area contributed by atoms with E-state index >= 15 is 0 Å². The Balaban J connectivity index is 2.27. The fraction of sp³-hybridized carbons (Fsp3) is 0.0769. The highest BCUT2D eigenvalue weighted by Crippen LogP contribution is 2.26. The monoisotopic (exact) mass is 303 g/mol. The van der Waals surface area contributed by atoms with Gasteiger partial charge in [0.2, 0.25) is 0 Å². The molecule has 3 rings (SSSR count). The third-order valence-corrected chi connectivity index (χ3v) is 3.32. The van der Waals surface area contributed by atoms with E-state index in [-0.39, 0.29) is 5.75 Å². The van der Waals surface area contributed by atoms with E-state index in [9.17, 15) is 5.11 Å². The molecule has 0 fully saturated rings. The summed E-state index contributed by atoms with van der Waals surface area (Å²) in [5.41, 5.74) is 2.74. The van der Waals surface area contributed by atoms with Crippen LogP contribution in [-0.4, -0.2) is 19.6 Å². The van der Waals surface area contributed by atoms with Crippen molar-refractivity contribution in [3.63, 3.8) is 0 Å². The minimum absolute atomic E-state index is 0.140. The Morgan fingerprint density at radius 3 is 2.83 bits per heavy atom. The zero-order valence-electron chi connectivity index (χ0n) is 9.63. The van der Waals surface area contributed by atoms with Gasteiger partial charge in [-0.3, -0.25) is 4.98 Å². The molecule has 0 atom stereocenters. The van der Waals surface area contributed by atoms with E-state index in [2.05, 4.69) is 25.9 Å². The molecule has 2 aromatic heterocycles. The summed E-state index contributed by atoms with van der Waals surface area (Å²) in [6.45, 7) is 0. The number of aromatic nitrogens is 3. The van der Waals surface area contributed by atoms with Crippen molar-refractivity contribution in [2.45, 2.75) is 0 Å². The van der Waals surface area contributed by atoms with E-state index in [0.29, 0.717) is 0 Å². The average molecular weight is 304 g/mol. The maximum atomic E-state index is 9.48. The maximum Gasteiger partial charge on any atom is 0.142 e. The van der Waals surface area contributed by atoms with Gasteiger partial charge in [0.05, 0.1) is 17.2 Å². The first-order valence-corrected chi connectivity index (χ1v) is 6.21. The van der Waals surface area contributed by atoms with E-state index < -0.39 is 0 Å². The van der Waals surface area contributed by atoms with Crippen molar-refractivity contribution < 1.29 is 5.11 Å². The van der Waals surface area contributed by atoms with Gasteiger partial charge in [0.15, 0.2) is 0 Å². The van der Waals surface area contributed by atoms with Crippen molar-refractivity contribution in [2.75, 3.05) is 0 Å². The Labute approximate surface area is 112 Å². The standard InChI is InChI=1S/C13H10BrN3O/c1-17-12-3-2-9(14)5-11(12)16-13(17)8-4-10(18)7-15-6-8/h2-7,18H,1H3. The lowest BCUT2D eigenvalue weighted by Crippen LogP contribution is -1.92. The number of benzene rings is 1. The van der Waals surface area contributed by atoms with E-state index in [1.165, 1.54) is 6.20 Å². The van der Waals surface area contributed by atoms with E-state index in [4.69, 9.17) is 0 Å². The molecule has 0 radical (unpaired) electrons. The summed E-state index contributed by atoms with van der Waals surface area (Å²) in [7, 11) is 1.95. The fourth-order valence-electron chi connectivity index (χ4n) is 1.98. The number of fused-ring (bicyclic) bond motifs is 1. The van der Waals surface area contributed by atoms with Crippen molar-refractivity contribution in [1.82, 2.24) is 14.5 Å². The number of pyridine rings is 1. The highest BCUT2D eigenvalue weighted by atomic mass is 79.9. The molecular weight excluding hydrogens is 294 g/mol. The van der Waals surface area contributed by atoms with E-state index in [0.717, 1.165) is 26.9 Å². The molecule has 0 unspecified atom stereocenters. The van der Waals surface area contributed by atoms with Gasteiger partial charge in [-0.15, -0.1) is 0 Å². The van der Waals surface area contributed by atoms with Crippen LogP contribution in [0.1, 0.15) is 0 Å². The summed E-state index contributed by atoms with van der Waals surface area (Å²) >= 11 is 3.43.